The Kier molecular flexibility index (Phi) is 5.59. The SMILES string of the molecule is Cc1nc(-c2ccc3ccnc(NC4CC(C(=O)Nc5nc(C)c(C(C)(C)C)s5)C4)c3c2)no1. The third-order valence-electron chi connectivity index (χ3n) is 6.11. The van der Waals surface area contributed by atoms with Crippen LogP contribution in [0.2, 0.25) is 0 Å². The molecule has 1 fully saturated rings. The van der Waals surface area contributed by atoms with Crippen LogP contribution in [0.15, 0.2) is 35.0 Å². The lowest BCUT2D eigenvalue weighted by Crippen LogP contribution is -2.42. The first-order valence-electron chi connectivity index (χ1n) is 11.4. The van der Waals surface area contributed by atoms with Gasteiger partial charge in [0.2, 0.25) is 17.6 Å². The van der Waals surface area contributed by atoms with Gasteiger partial charge in [0, 0.05) is 40.9 Å². The summed E-state index contributed by atoms with van der Waals surface area (Å²) in [5.74, 6) is 1.89. The normalized spacial score (nSPS) is 18.0. The Morgan fingerprint density at radius 3 is 2.62 bits per heavy atom. The first kappa shape index (κ1) is 22.5. The van der Waals surface area contributed by atoms with Gasteiger partial charge in [0.25, 0.3) is 0 Å². The van der Waals surface area contributed by atoms with Crippen LogP contribution in [-0.4, -0.2) is 32.1 Å². The number of nitrogens with zero attached hydrogens (tertiary/aromatic N) is 4. The van der Waals surface area contributed by atoms with Crippen LogP contribution in [-0.2, 0) is 10.2 Å². The van der Waals surface area contributed by atoms with Crippen molar-refractivity contribution in [2.45, 2.75) is 58.9 Å². The highest BCUT2D eigenvalue weighted by molar-refractivity contribution is 7.16. The topological polar surface area (TPSA) is 106 Å². The number of fused-ring (bicyclic) bond motifs is 1. The van der Waals surface area contributed by atoms with Crippen molar-refractivity contribution in [3.63, 3.8) is 0 Å². The second-order valence-corrected chi connectivity index (χ2v) is 10.9. The number of rotatable bonds is 5. The molecule has 0 saturated heterocycles. The van der Waals surface area contributed by atoms with Gasteiger partial charge >= 0.3 is 0 Å². The smallest absolute Gasteiger partial charge is 0.229 e. The molecule has 176 valence electrons. The minimum Gasteiger partial charge on any atom is -0.367 e. The van der Waals surface area contributed by atoms with E-state index in [-0.39, 0.29) is 23.3 Å². The number of hydrogen-bond acceptors (Lipinski definition) is 8. The minimum atomic E-state index is -0.0346. The van der Waals surface area contributed by atoms with Crippen molar-refractivity contribution < 1.29 is 9.32 Å². The quantitative estimate of drug-likeness (QED) is 0.392. The molecule has 5 rings (SSSR count). The summed E-state index contributed by atoms with van der Waals surface area (Å²) in [4.78, 5) is 27.4. The zero-order valence-electron chi connectivity index (χ0n) is 20.0. The summed E-state index contributed by atoms with van der Waals surface area (Å²) < 4.78 is 5.12. The zero-order chi connectivity index (χ0) is 24.0. The van der Waals surface area contributed by atoms with Crippen molar-refractivity contribution in [3.05, 3.63) is 46.9 Å². The number of amides is 1. The molecule has 0 bridgehead atoms. The van der Waals surface area contributed by atoms with Crippen LogP contribution < -0.4 is 10.6 Å². The van der Waals surface area contributed by atoms with E-state index in [1.165, 1.54) is 4.88 Å². The molecule has 4 aromatic rings. The van der Waals surface area contributed by atoms with Gasteiger partial charge < -0.3 is 15.2 Å². The lowest BCUT2D eigenvalue weighted by atomic mass is 9.79. The molecule has 9 heteroatoms. The van der Waals surface area contributed by atoms with E-state index >= 15 is 0 Å². The Hall–Kier alpha value is -3.33. The first-order chi connectivity index (χ1) is 16.2. The molecule has 1 aliphatic carbocycles. The Bertz CT molecular complexity index is 1360. The van der Waals surface area contributed by atoms with Gasteiger partial charge in [-0.2, -0.15) is 4.98 Å². The maximum absolute atomic E-state index is 12.8. The summed E-state index contributed by atoms with van der Waals surface area (Å²) in [7, 11) is 0. The Morgan fingerprint density at radius 1 is 1.15 bits per heavy atom. The van der Waals surface area contributed by atoms with Crippen molar-refractivity contribution in [3.8, 4) is 11.4 Å². The molecule has 0 atom stereocenters. The Morgan fingerprint density at radius 2 is 1.94 bits per heavy atom. The maximum atomic E-state index is 12.8. The number of hydrogen-bond donors (Lipinski definition) is 2. The summed E-state index contributed by atoms with van der Waals surface area (Å²) in [5.41, 5.74) is 1.88. The number of carbonyl (C=O) groups excluding carboxylic acids is 1. The predicted octanol–water partition coefficient (Wildman–Crippen LogP) is 5.48. The van der Waals surface area contributed by atoms with Gasteiger partial charge in [0.05, 0.1) is 5.69 Å². The fourth-order valence-corrected chi connectivity index (χ4v) is 5.36. The highest BCUT2D eigenvalue weighted by Crippen LogP contribution is 2.36. The van der Waals surface area contributed by atoms with E-state index in [9.17, 15) is 4.79 Å². The standard InChI is InChI=1S/C25H28N6O2S/c1-13-20(25(3,4)5)34-24(27-13)30-23(32)17-10-18(11-17)29-22-19-12-16(21-28-14(2)33-31-21)7-6-15(19)8-9-26-22/h6-9,12,17-18H,10-11H2,1-5H3,(H,26,29)(H,27,30,32). The third kappa shape index (κ3) is 4.40. The number of thiazole rings is 1. The summed E-state index contributed by atoms with van der Waals surface area (Å²) in [6.07, 6.45) is 3.30. The fourth-order valence-electron chi connectivity index (χ4n) is 4.34. The molecule has 34 heavy (non-hydrogen) atoms. The van der Waals surface area contributed by atoms with Crippen molar-refractivity contribution >= 4 is 39.0 Å². The number of nitrogens with one attached hydrogen (secondary N) is 2. The molecule has 2 N–H and O–H groups in total. The van der Waals surface area contributed by atoms with E-state index in [2.05, 4.69) is 51.5 Å². The molecule has 0 spiro atoms. The lowest BCUT2D eigenvalue weighted by Gasteiger charge is -2.35. The highest BCUT2D eigenvalue weighted by atomic mass is 32.1. The monoisotopic (exact) mass is 476 g/mol. The van der Waals surface area contributed by atoms with Crippen LogP contribution in [0.5, 0.6) is 0 Å². The van der Waals surface area contributed by atoms with Crippen LogP contribution in [0.25, 0.3) is 22.2 Å². The molecular formula is C25H28N6O2S. The number of aromatic nitrogens is 4. The second-order valence-electron chi connectivity index (χ2n) is 9.91. The molecule has 1 aromatic carbocycles. The van der Waals surface area contributed by atoms with Gasteiger partial charge in [-0.25, -0.2) is 9.97 Å². The Labute approximate surface area is 202 Å². The number of carbonyl (C=O) groups is 1. The fraction of sp³-hybridized carbons (Fsp3) is 0.400. The van der Waals surface area contributed by atoms with E-state index in [1.807, 2.05) is 31.2 Å². The van der Waals surface area contributed by atoms with Gasteiger partial charge in [0.15, 0.2) is 5.13 Å². The van der Waals surface area contributed by atoms with E-state index in [1.54, 1.807) is 24.5 Å². The first-order valence-corrected chi connectivity index (χ1v) is 12.2. The number of benzene rings is 1. The Balaban J connectivity index is 1.25. The average molecular weight is 477 g/mol. The van der Waals surface area contributed by atoms with Crippen LogP contribution in [0, 0.1) is 19.8 Å². The van der Waals surface area contributed by atoms with Gasteiger partial charge in [-0.3, -0.25) is 4.79 Å². The highest BCUT2D eigenvalue weighted by Gasteiger charge is 2.35. The van der Waals surface area contributed by atoms with E-state index in [0.29, 0.717) is 16.8 Å². The summed E-state index contributed by atoms with van der Waals surface area (Å²) in [5, 5.41) is 13.3. The molecule has 1 aliphatic rings. The average Bonchev–Trinajstić information content (AvgIpc) is 3.35. The summed E-state index contributed by atoms with van der Waals surface area (Å²) >= 11 is 1.57. The molecule has 0 unspecified atom stereocenters. The number of pyridine rings is 1. The molecular weight excluding hydrogens is 448 g/mol. The summed E-state index contributed by atoms with van der Waals surface area (Å²) in [6.45, 7) is 10.3. The third-order valence-corrected chi connectivity index (χ3v) is 7.61. The molecule has 0 radical (unpaired) electrons. The predicted molar refractivity (Wildman–Crippen MR) is 134 cm³/mol. The van der Waals surface area contributed by atoms with Crippen molar-refractivity contribution in [2.75, 3.05) is 10.6 Å². The minimum absolute atomic E-state index is 0.0180. The molecule has 8 nitrogen and oxygen atoms in total. The molecule has 3 aromatic heterocycles. The number of aryl methyl sites for hydroxylation is 2. The van der Waals surface area contributed by atoms with Crippen molar-refractivity contribution in [2.24, 2.45) is 5.92 Å². The molecule has 1 amide bonds. The van der Waals surface area contributed by atoms with E-state index < -0.39 is 0 Å². The van der Waals surface area contributed by atoms with Crippen molar-refractivity contribution in [1.29, 1.82) is 0 Å². The second kappa shape index (κ2) is 8.47. The van der Waals surface area contributed by atoms with E-state index in [0.717, 1.165) is 40.7 Å². The van der Waals surface area contributed by atoms with Crippen LogP contribution in [0.1, 0.15) is 50.1 Å². The van der Waals surface area contributed by atoms with Crippen LogP contribution >= 0.6 is 11.3 Å². The molecule has 0 aliphatic heterocycles. The molecule has 3 heterocycles. The van der Waals surface area contributed by atoms with E-state index in [4.69, 9.17) is 4.52 Å². The largest absolute Gasteiger partial charge is 0.367 e. The number of anilines is 2. The lowest BCUT2D eigenvalue weighted by molar-refractivity contribution is -0.122. The van der Waals surface area contributed by atoms with Gasteiger partial charge in [0.1, 0.15) is 5.82 Å². The maximum Gasteiger partial charge on any atom is 0.229 e. The zero-order valence-corrected chi connectivity index (χ0v) is 20.8. The van der Waals surface area contributed by atoms with Crippen molar-refractivity contribution in [1.82, 2.24) is 20.1 Å². The van der Waals surface area contributed by atoms with Crippen LogP contribution in [0.4, 0.5) is 10.9 Å². The van der Waals surface area contributed by atoms with Gasteiger partial charge in [-0.05, 0) is 42.7 Å². The van der Waals surface area contributed by atoms with Gasteiger partial charge in [-0.1, -0.05) is 38.1 Å². The van der Waals surface area contributed by atoms with Gasteiger partial charge in [-0.15, -0.1) is 11.3 Å². The van der Waals surface area contributed by atoms with Crippen LogP contribution in [0.3, 0.4) is 0 Å². The summed E-state index contributed by atoms with van der Waals surface area (Å²) in [6, 6.07) is 8.20. The molecule has 1 saturated carbocycles.